The lowest BCUT2D eigenvalue weighted by atomic mass is 10.1. The molecule has 2 aromatic heterocycles. The minimum Gasteiger partial charge on any atom is -0.489 e. The van der Waals surface area contributed by atoms with E-state index >= 15 is 0 Å². The first-order valence-corrected chi connectivity index (χ1v) is 10.9. The maximum Gasteiger partial charge on any atom is 0.254 e. The molecule has 2 heterocycles. The number of benzene rings is 2. The molecule has 8 heteroatoms. The number of amides is 1. The van der Waals surface area contributed by atoms with Gasteiger partial charge in [-0.3, -0.25) is 9.78 Å². The van der Waals surface area contributed by atoms with Crippen molar-refractivity contribution in [3.8, 4) is 17.2 Å². The van der Waals surface area contributed by atoms with Gasteiger partial charge in [0.2, 0.25) is 11.8 Å². The summed E-state index contributed by atoms with van der Waals surface area (Å²) in [6.45, 7) is 4.42. The SMILES string of the molecule is CC(C)N(Cc1nnc(-c2ccccc2Cl)o1)C(=O)c1cccc(OCc2cccnc2)c1. The van der Waals surface area contributed by atoms with Gasteiger partial charge in [0.25, 0.3) is 5.91 Å². The van der Waals surface area contributed by atoms with Crippen molar-refractivity contribution in [2.45, 2.75) is 33.0 Å². The molecule has 0 bridgehead atoms. The lowest BCUT2D eigenvalue weighted by Gasteiger charge is -2.25. The summed E-state index contributed by atoms with van der Waals surface area (Å²) in [5.41, 5.74) is 2.11. The number of nitrogens with zero attached hydrogens (tertiary/aromatic N) is 4. The van der Waals surface area contributed by atoms with Crippen molar-refractivity contribution in [2.24, 2.45) is 0 Å². The number of rotatable bonds is 8. The molecule has 2 aromatic carbocycles. The second-order valence-electron chi connectivity index (χ2n) is 7.69. The Labute approximate surface area is 197 Å². The van der Waals surface area contributed by atoms with Crippen molar-refractivity contribution in [3.63, 3.8) is 0 Å². The van der Waals surface area contributed by atoms with Gasteiger partial charge in [-0.2, -0.15) is 0 Å². The molecule has 4 aromatic rings. The first kappa shape index (κ1) is 22.5. The Balaban J connectivity index is 1.48. The van der Waals surface area contributed by atoms with Crippen molar-refractivity contribution in [1.82, 2.24) is 20.1 Å². The van der Waals surface area contributed by atoms with Crippen LogP contribution in [-0.2, 0) is 13.2 Å². The number of carbonyl (C=O) groups is 1. The largest absolute Gasteiger partial charge is 0.489 e. The van der Waals surface area contributed by atoms with Gasteiger partial charge in [-0.25, -0.2) is 0 Å². The van der Waals surface area contributed by atoms with E-state index in [-0.39, 0.29) is 18.5 Å². The van der Waals surface area contributed by atoms with E-state index in [2.05, 4.69) is 15.2 Å². The van der Waals surface area contributed by atoms with Gasteiger partial charge in [0.15, 0.2) is 0 Å². The van der Waals surface area contributed by atoms with E-state index in [1.165, 1.54) is 0 Å². The fraction of sp³-hybridized carbons (Fsp3) is 0.200. The first-order valence-electron chi connectivity index (χ1n) is 10.5. The summed E-state index contributed by atoms with van der Waals surface area (Å²) in [7, 11) is 0. The summed E-state index contributed by atoms with van der Waals surface area (Å²) >= 11 is 6.23. The zero-order valence-electron chi connectivity index (χ0n) is 18.3. The topological polar surface area (TPSA) is 81.4 Å². The molecule has 0 saturated heterocycles. The van der Waals surface area contributed by atoms with Gasteiger partial charge in [-0.05, 0) is 50.2 Å². The molecule has 7 nitrogen and oxygen atoms in total. The Bertz CT molecular complexity index is 1230. The molecule has 168 valence electrons. The highest BCUT2D eigenvalue weighted by Crippen LogP contribution is 2.27. The maximum absolute atomic E-state index is 13.3. The van der Waals surface area contributed by atoms with E-state index in [4.69, 9.17) is 20.8 Å². The predicted molar refractivity (Wildman–Crippen MR) is 125 cm³/mol. The van der Waals surface area contributed by atoms with Crippen LogP contribution in [0.2, 0.25) is 5.02 Å². The maximum atomic E-state index is 13.3. The third-order valence-electron chi connectivity index (χ3n) is 4.97. The Kier molecular flexibility index (Phi) is 7.00. The average Bonchev–Trinajstić information content (AvgIpc) is 3.30. The summed E-state index contributed by atoms with van der Waals surface area (Å²) in [6, 6.07) is 18.1. The molecule has 33 heavy (non-hydrogen) atoms. The van der Waals surface area contributed by atoms with Crippen LogP contribution in [0.15, 0.2) is 77.5 Å². The van der Waals surface area contributed by atoms with Crippen LogP contribution in [-0.4, -0.2) is 32.0 Å². The highest BCUT2D eigenvalue weighted by Gasteiger charge is 2.23. The summed E-state index contributed by atoms with van der Waals surface area (Å²) in [5, 5.41) is 8.73. The third kappa shape index (κ3) is 5.56. The Hall–Kier alpha value is -3.71. The number of halogens is 1. The monoisotopic (exact) mass is 462 g/mol. The standard InChI is InChI=1S/C25H23ClN4O3/c1-17(2)30(15-23-28-29-24(33-23)21-10-3-4-11-22(21)26)25(31)19-8-5-9-20(13-19)32-16-18-7-6-12-27-14-18/h3-14,17H,15-16H2,1-2H3. The number of ether oxygens (including phenoxy) is 1. The van der Waals surface area contributed by atoms with Crippen molar-refractivity contribution in [1.29, 1.82) is 0 Å². The molecule has 0 spiro atoms. The van der Waals surface area contributed by atoms with Gasteiger partial charge in [0, 0.05) is 29.6 Å². The number of aromatic nitrogens is 3. The molecule has 0 fully saturated rings. The van der Waals surface area contributed by atoms with Gasteiger partial charge in [-0.15, -0.1) is 10.2 Å². The van der Waals surface area contributed by atoms with Gasteiger partial charge in [0.05, 0.1) is 17.1 Å². The Morgan fingerprint density at radius 3 is 2.70 bits per heavy atom. The lowest BCUT2D eigenvalue weighted by Crippen LogP contribution is -2.36. The molecular formula is C25H23ClN4O3. The van der Waals surface area contributed by atoms with Crippen LogP contribution in [0.1, 0.15) is 35.7 Å². The first-order chi connectivity index (χ1) is 16.0. The summed E-state index contributed by atoms with van der Waals surface area (Å²) in [6.07, 6.45) is 3.46. The van der Waals surface area contributed by atoms with Crippen molar-refractivity contribution >= 4 is 17.5 Å². The molecule has 0 atom stereocenters. The highest BCUT2D eigenvalue weighted by molar-refractivity contribution is 6.33. The molecule has 4 rings (SSSR count). The van der Waals surface area contributed by atoms with Crippen molar-refractivity contribution in [3.05, 3.63) is 95.1 Å². The molecule has 0 unspecified atom stereocenters. The van der Waals surface area contributed by atoms with Gasteiger partial charge in [-0.1, -0.05) is 35.9 Å². The number of hydrogen-bond acceptors (Lipinski definition) is 6. The number of carbonyl (C=O) groups excluding carboxylic acids is 1. The zero-order chi connectivity index (χ0) is 23.2. The third-order valence-corrected chi connectivity index (χ3v) is 5.30. The number of hydrogen-bond donors (Lipinski definition) is 0. The van der Waals surface area contributed by atoms with Gasteiger partial charge in [0.1, 0.15) is 12.4 Å². The second-order valence-corrected chi connectivity index (χ2v) is 8.09. The van der Waals surface area contributed by atoms with E-state index in [1.54, 1.807) is 41.6 Å². The molecular weight excluding hydrogens is 440 g/mol. The van der Waals surface area contributed by atoms with E-state index in [0.717, 1.165) is 5.56 Å². The fourth-order valence-electron chi connectivity index (χ4n) is 3.23. The highest BCUT2D eigenvalue weighted by atomic mass is 35.5. The molecule has 0 saturated carbocycles. The van der Waals surface area contributed by atoms with Crippen LogP contribution in [0.25, 0.3) is 11.5 Å². The van der Waals surface area contributed by atoms with E-state index < -0.39 is 0 Å². The molecule has 0 N–H and O–H groups in total. The predicted octanol–water partition coefficient (Wildman–Crippen LogP) is 5.41. The minimum atomic E-state index is -0.158. The summed E-state index contributed by atoms with van der Waals surface area (Å²) < 4.78 is 11.6. The summed E-state index contributed by atoms with van der Waals surface area (Å²) in [5.74, 6) is 1.09. The molecule has 0 radical (unpaired) electrons. The van der Waals surface area contributed by atoms with Gasteiger partial charge < -0.3 is 14.1 Å². The Morgan fingerprint density at radius 2 is 1.94 bits per heavy atom. The van der Waals surface area contributed by atoms with Crippen LogP contribution in [0.3, 0.4) is 0 Å². The van der Waals surface area contributed by atoms with Crippen LogP contribution < -0.4 is 4.74 Å². The summed E-state index contributed by atoms with van der Waals surface area (Å²) in [4.78, 5) is 19.1. The lowest BCUT2D eigenvalue weighted by molar-refractivity contribution is 0.0672. The molecule has 0 aliphatic carbocycles. The fourth-order valence-corrected chi connectivity index (χ4v) is 3.45. The Morgan fingerprint density at radius 1 is 1.09 bits per heavy atom. The van der Waals surface area contributed by atoms with Crippen molar-refractivity contribution in [2.75, 3.05) is 0 Å². The molecule has 1 amide bonds. The van der Waals surface area contributed by atoms with Crippen LogP contribution >= 0.6 is 11.6 Å². The second kappa shape index (κ2) is 10.3. The van der Waals surface area contributed by atoms with Crippen LogP contribution in [0.4, 0.5) is 0 Å². The normalized spacial score (nSPS) is 10.9. The molecule has 0 aliphatic rings. The minimum absolute atomic E-state index is 0.0897. The van der Waals surface area contributed by atoms with Crippen molar-refractivity contribution < 1.29 is 13.9 Å². The smallest absolute Gasteiger partial charge is 0.254 e. The van der Waals surface area contributed by atoms with Crippen LogP contribution in [0, 0.1) is 0 Å². The van der Waals surface area contributed by atoms with E-state index in [9.17, 15) is 4.79 Å². The number of pyridine rings is 1. The van der Waals surface area contributed by atoms with E-state index in [0.29, 0.717) is 40.3 Å². The molecule has 0 aliphatic heterocycles. The zero-order valence-corrected chi connectivity index (χ0v) is 19.1. The van der Waals surface area contributed by atoms with E-state index in [1.807, 2.05) is 50.2 Å². The van der Waals surface area contributed by atoms with Gasteiger partial charge >= 0.3 is 0 Å². The quantitative estimate of drug-likeness (QED) is 0.348. The van der Waals surface area contributed by atoms with Crippen LogP contribution in [0.5, 0.6) is 5.75 Å². The average molecular weight is 463 g/mol.